The van der Waals surface area contributed by atoms with Gasteiger partial charge in [-0.1, -0.05) is 12.1 Å². The van der Waals surface area contributed by atoms with Crippen LogP contribution in [-0.4, -0.2) is 29.9 Å². The van der Waals surface area contributed by atoms with Crippen LogP contribution in [0.4, 0.5) is 5.69 Å². The lowest BCUT2D eigenvalue weighted by molar-refractivity contribution is -0.135. The Bertz CT molecular complexity index is 754. The first kappa shape index (κ1) is 15.6. The van der Waals surface area contributed by atoms with E-state index in [1.807, 2.05) is 24.4 Å². The smallest absolute Gasteiger partial charge is 0.340 e. The monoisotopic (exact) mass is 330 g/mol. The molecular formula is C17H18N2O3S. The van der Waals surface area contributed by atoms with Gasteiger partial charge in [-0.3, -0.25) is 4.79 Å². The zero-order valence-corrected chi connectivity index (χ0v) is 13.7. The fourth-order valence-corrected chi connectivity index (χ4v) is 3.51. The van der Waals surface area contributed by atoms with Gasteiger partial charge in [0.1, 0.15) is 0 Å². The van der Waals surface area contributed by atoms with Crippen LogP contribution in [-0.2, 0) is 22.5 Å². The van der Waals surface area contributed by atoms with E-state index in [-0.39, 0.29) is 12.5 Å². The normalized spacial score (nSPS) is 13.5. The third-order valence-electron chi connectivity index (χ3n) is 4.03. The minimum atomic E-state index is -0.562. The Labute approximate surface area is 138 Å². The Morgan fingerprint density at radius 1 is 1.35 bits per heavy atom. The van der Waals surface area contributed by atoms with Crippen LogP contribution in [0.3, 0.4) is 0 Å². The number of anilines is 1. The van der Waals surface area contributed by atoms with Crippen LogP contribution < -0.4 is 5.73 Å². The molecule has 1 aromatic heterocycles. The number of nitrogens with two attached hydrogens (primary N) is 1. The number of esters is 1. The van der Waals surface area contributed by atoms with Crippen molar-refractivity contribution in [2.24, 2.45) is 0 Å². The minimum absolute atomic E-state index is 0.179. The largest absolute Gasteiger partial charge is 0.452 e. The van der Waals surface area contributed by atoms with Gasteiger partial charge in [0.15, 0.2) is 6.61 Å². The molecule has 0 radical (unpaired) electrons. The maximum atomic E-state index is 12.2. The molecule has 120 valence electrons. The van der Waals surface area contributed by atoms with E-state index < -0.39 is 5.97 Å². The fourth-order valence-electron chi connectivity index (χ4n) is 2.62. The van der Waals surface area contributed by atoms with Gasteiger partial charge in [0.25, 0.3) is 5.91 Å². The number of para-hydroxylation sites is 1. The van der Waals surface area contributed by atoms with Crippen LogP contribution in [0, 0.1) is 6.92 Å². The van der Waals surface area contributed by atoms with Crippen molar-refractivity contribution in [3.05, 3.63) is 51.2 Å². The van der Waals surface area contributed by atoms with Crippen LogP contribution in [0.15, 0.2) is 29.6 Å². The van der Waals surface area contributed by atoms with E-state index in [2.05, 4.69) is 0 Å². The lowest BCUT2D eigenvalue weighted by atomic mass is 10.1. The number of nitrogens with zero attached hydrogens (tertiary/aromatic N) is 1. The average molecular weight is 330 g/mol. The maximum Gasteiger partial charge on any atom is 0.340 e. The Kier molecular flexibility index (Phi) is 4.34. The molecule has 1 aromatic carbocycles. The number of carbonyl (C=O) groups excluding carboxylic acids is 2. The van der Waals surface area contributed by atoms with Crippen molar-refractivity contribution in [2.75, 3.05) is 18.9 Å². The fraction of sp³-hybridized carbons (Fsp3) is 0.294. The van der Waals surface area contributed by atoms with Gasteiger partial charge in [-0.05, 0) is 42.0 Å². The summed E-state index contributed by atoms with van der Waals surface area (Å²) in [4.78, 5) is 27.4. The molecule has 3 rings (SSSR count). The summed E-state index contributed by atoms with van der Waals surface area (Å²) in [7, 11) is 0. The third kappa shape index (κ3) is 3.22. The Morgan fingerprint density at radius 3 is 3.00 bits per heavy atom. The average Bonchev–Trinajstić information content (AvgIpc) is 3.02. The predicted octanol–water partition coefficient (Wildman–Crippen LogP) is 2.38. The predicted molar refractivity (Wildman–Crippen MR) is 89.3 cm³/mol. The number of nitrogen functional groups attached to an aromatic ring is 1. The first-order valence-corrected chi connectivity index (χ1v) is 8.29. The van der Waals surface area contributed by atoms with Gasteiger partial charge in [0.05, 0.1) is 5.56 Å². The second-order valence-corrected chi connectivity index (χ2v) is 6.55. The zero-order chi connectivity index (χ0) is 16.4. The number of carbonyl (C=O) groups is 2. The van der Waals surface area contributed by atoms with Gasteiger partial charge < -0.3 is 15.4 Å². The number of thiophene rings is 1. The molecule has 2 N–H and O–H groups in total. The highest BCUT2D eigenvalue weighted by Crippen LogP contribution is 2.24. The quantitative estimate of drug-likeness (QED) is 0.693. The van der Waals surface area contributed by atoms with Gasteiger partial charge in [0, 0.05) is 23.7 Å². The molecule has 1 aliphatic heterocycles. The molecule has 0 fully saturated rings. The maximum absolute atomic E-state index is 12.2. The summed E-state index contributed by atoms with van der Waals surface area (Å²) in [6.45, 7) is 2.81. The lowest BCUT2D eigenvalue weighted by Gasteiger charge is -2.26. The van der Waals surface area contributed by atoms with Gasteiger partial charge in [-0.2, -0.15) is 0 Å². The second-order valence-electron chi connectivity index (χ2n) is 5.55. The van der Waals surface area contributed by atoms with Crippen molar-refractivity contribution in [1.29, 1.82) is 0 Å². The molecule has 6 heteroatoms. The molecule has 1 amide bonds. The van der Waals surface area contributed by atoms with Crippen molar-refractivity contribution in [3.63, 3.8) is 0 Å². The van der Waals surface area contributed by atoms with Gasteiger partial charge in [-0.15, -0.1) is 11.3 Å². The van der Waals surface area contributed by atoms with E-state index >= 15 is 0 Å². The molecule has 2 aromatic rings. The highest BCUT2D eigenvalue weighted by Gasteiger charge is 2.23. The van der Waals surface area contributed by atoms with E-state index in [1.165, 1.54) is 10.4 Å². The summed E-state index contributed by atoms with van der Waals surface area (Å²) >= 11 is 1.72. The summed E-state index contributed by atoms with van der Waals surface area (Å²) in [5, 5.41) is 2.04. The Hall–Kier alpha value is -2.34. The lowest BCUT2D eigenvalue weighted by Crippen LogP contribution is -2.38. The van der Waals surface area contributed by atoms with E-state index in [4.69, 9.17) is 10.5 Å². The van der Waals surface area contributed by atoms with Crippen LogP contribution >= 0.6 is 11.3 Å². The summed E-state index contributed by atoms with van der Waals surface area (Å²) < 4.78 is 5.14. The van der Waals surface area contributed by atoms with Gasteiger partial charge in [-0.25, -0.2) is 4.79 Å². The van der Waals surface area contributed by atoms with Crippen LogP contribution in [0.1, 0.15) is 26.4 Å². The standard InChI is InChI=1S/C17H18N2O3S/c1-11-3-2-4-13(16(11)18)17(21)22-10-15(20)19-7-5-14-12(9-19)6-8-23-14/h2-4,6,8H,5,7,9-10,18H2,1H3. The van der Waals surface area contributed by atoms with Gasteiger partial charge in [0.2, 0.25) is 0 Å². The number of amides is 1. The van der Waals surface area contributed by atoms with Crippen molar-refractivity contribution in [3.8, 4) is 0 Å². The van der Waals surface area contributed by atoms with Crippen LogP contribution in [0.2, 0.25) is 0 Å². The molecule has 0 aliphatic carbocycles. The van der Waals surface area contributed by atoms with Crippen LogP contribution in [0.25, 0.3) is 0 Å². The number of aryl methyl sites for hydroxylation is 1. The molecule has 1 aliphatic rings. The molecule has 5 nitrogen and oxygen atoms in total. The summed E-state index contributed by atoms with van der Waals surface area (Å²) in [5.41, 5.74) is 8.57. The van der Waals surface area contributed by atoms with Crippen molar-refractivity contribution in [2.45, 2.75) is 19.9 Å². The molecule has 0 unspecified atom stereocenters. The number of fused-ring (bicyclic) bond motifs is 1. The number of rotatable bonds is 3. The SMILES string of the molecule is Cc1cccc(C(=O)OCC(=O)N2CCc3sccc3C2)c1N. The molecule has 0 saturated heterocycles. The number of hydrogen-bond donors (Lipinski definition) is 1. The topological polar surface area (TPSA) is 72.6 Å². The third-order valence-corrected chi connectivity index (χ3v) is 5.05. The number of hydrogen-bond acceptors (Lipinski definition) is 5. The highest BCUT2D eigenvalue weighted by molar-refractivity contribution is 7.10. The number of ether oxygens (including phenoxy) is 1. The zero-order valence-electron chi connectivity index (χ0n) is 12.9. The second kappa shape index (κ2) is 6.42. The molecule has 0 saturated carbocycles. The van der Waals surface area contributed by atoms with Crippen molar-refractivity contribution in [1.82, 2.24) is 4.90 Å². The molecule has 0 spiro atoms. The molecule has 0 atom stereocenters. The van der Waals surface area contributed by atoms with E-state index in [9.17, 15) is 9.59 Å². The van der Waals surface area contributed by atoms with E-state index in [1.54, 1.807) is 28.4 Å². The summed E-state index contributed by atoms with van der Waals surface area (Å²) in [6, 6.07) is 7.21. The van der Waals surface area contributed by atoms with E-state index in [0.717, 1.165) is 12.0 Å². The highest BCUT2D eigenvalue weighted by atomic mass is 32.1. The minimum Gasteiger partial charge on any atom is -0.452 e. The summed E-state index contributed by atoms with van der Waals surface area (Å²) in [6.07, 6.45) is 0.859. The Balaban J connectivity index is 1.59. The molecule has 0 bridgehead atoms. The number of benzene rings is 1. The van der Waals surface area contributed by atoms with Gasteiger partial charge >= 0.3 is 5.97 Å². The van der Waals surface area contributed by atoms with Crippen LogP contribution in [0.5, 0.6) is 0 Å². The van der Waals surface area contributed by atoms with Crippen molar-refractivity contribution < 1.29 is 14.3 Å². The molecular weight excluding hydrogens is 312 g/mol. The first-order chi connectivity index (χ1) is 11.1. The molecule has 23 heavy (non-hydrogen) atoms. The summed E-state index contributed by atoms with van der Waals surface area (Å²) in [5.74, 6) is -0.741. The van der Waals surface area contributed by atoms with Crippen molar-refractivity contribution >= 4 is 28.9 Å². The molecule has 2 heterocycles. The Morgan fingerprint density at radius 2 is 2.17 bits per heavy atom. The van der Waals surface area contributed by atoms with E-state index in [0.29, 0.717) is 24.3 Å². The first-order valence-electron chi connectivity index (χ1n) is 7.41.